The Balaban J connectivity index is 2.18. The highest BCUT2D eigenvalue weighted by Crippen LogP contribution is 2.35. The number of nitrogens with two attached hydrogens (primary N) is 1. The molecular formula is C16H21BrN2OS. The Bertz CT molecular complexity index is 673. The van der Waals surface area contributed by atoms with Gasteiger partial charge in [0.25, 0.3) is 5.91 Å². The van der Waals surface area contributed by atoms with E-state index in [0.717, 1.165) is 14.6 Å². The third-order valence-corrected chi connectivity index (χ3v) is 5.60. The number of anilines is 1. The van der Waals surface area contributed by atoms with E-state index in [-0.39, 0.29) is 11.3 Å². The molecular weight excluding hydrogens is 348 g/mol. The zero-order valence-electron chi connectivity index (χ0n) is 12.8. The van der Waals surface area contributed by atoms with Crippen molar-refractivity contribution < 1.29 is 4.79 Å². The summed E-state index contributed by atoms with van der Waals surface area (Å²) in [6.45, 7) is 9.32. The van der Waals surface area contributed by atoms with Gasteiger partial charge < -0.3 is 11.1 Å². The number of benzene rings is 1. The Morgan fingerprint density at radius 2 is 2.10 bits per heavy atom. The van der Waals surface area contributed by atoms with E-state index in [2.05, 4.69) is 48.9 Å². The molecule has 1 aromatic heterocycles. The molecule has 0 bridgehead atoms. The molecule has 0 radical (unpaired) electrons. The van der Waals surface area contributed by atoms with Crippen LogP contribution in [0, 0.1) is 11.3 Å². The molecule has 1 unspecified atom stereocenters. The van der Waals surface area contributed by atoms with Gasteiger partial charge in [-0.3, -0.25) is 4.79 Å². The van der Waals surface area contributed by atoms with Crippen molar-refractivity contribution in [2.24, 2.45) is 11.3 Å². The summed E-state index contributed by atoms with van der Waals surface area (Å²) < 4.78 is 2.01. The number of carbonyl (C=O) groups excluding carboxylic acids is 1. The summed E-state index contributed by atoms with van der Waals surface area (Å²) in [4.78, 5) is 13.0. The molecule has 3 nitrogen and oxygen atoms in total. The minimum absolute atomic E-state index is 0.0825. The van der Waals surface area contributed by atoms with Crippen molar-refractivity contribution in [1.82, 2.24) is 5.32 Å². The van der Waals surface area contributed by atoms with Crippen LogP contribution in [0.3, 0.4) is 0 Å². The van der Waals surface area contributed by atoms with E-state index in [1.807, 2.05) is 18.2 Å². The molecule has 0 saturated heterocycles. The van der Waals surface area contributed by atoms with Crippen LogP contribution in [0.25, 0.3) is 10.1 Å². The first-order chi connectivity index (χ1) is 9.70. The van der Waals surface area contributed by atoms with Crippen molar-refractivity contribution >= 4 is 48.9 Å². The molecule has 3 N–H and O–H groups in total. The number of nitrogen functional groups attached to an aromatic ring is 1. The third kappa shape index (κ3) is 3.58. The number of amides is 1. The van der Waals surface area contributed by atoms with Gasteiger partial charge in [-0.05, 0) is 23.5 Å². The van der Waals surface area contributed by atoms with Crippen LogP contribution in [0.4, 0.5) is 5.69 Å². The van der Waals surface area contributed by atoms with Crippen molar-refractivity contribution in [1.29, 1.82) is 0 Å². The van der Waals surface area contributed by atoms with Gasteiger partial charge in [0.2, 0.25) is 0 Å². The van der Waals surface area contributed by atoms with Crippen molar-refractivity contribution in [2.45, 2.75) is 27.7 Å². The van der Waals surface area contributed by atoms with Crippen LogP contribution in [-0.2, 0) is 0 Å². The Morgan fingerprint density at radius 1 is 1.43 bits per heavy atom. The first-order valence-corrected chi connectivity index (χ1v) is 8.57. The van der Waals surface area contributed by atoms with Crippen molar-refractivity contribution in [2.75, 3.05) is 12.3 Å². The smallest absolute Gasteiger partial charge is 0.263 e. The molecule has 0 fully saturated rings. The molecule has 5 heteroatoms. The monoisotopic (exact) mass is 368 g/mol. The Kier molecular flexibility index (Phi) is 4.63. The summed E-state index contributed by atoms with van der Waals surface area (Å²) in [6, 6.07) is 5.87. The lowest BCUT2D eigenvalue weighted by atomic mass is 9.82. The maximum absolute atomic E-state index is 12.4. The van der Waals surface area contributed by atoms with Gasteiger partial charge in [-0.25, -0.2) is 0 Å². The van der Waals surface area contributed by atoms with Gasteiger partial charge >= 0.3 is 0 Å². The van der Waals surface area contributed by atoms with Crippen LogP contribution in [-0.4, -0.2) is 12.5 Å². The topological polar surface area (TPSA) is 55.1 Å². The predicted octanol–water partition coefficient (Wildman–Crippen LogP) is 4.66. The highest BCUT2D eigenvalue weighted by molar-refractivity contribution is 9.10. The number of nitrogens with one attached hydrogen (secondary N) is 1. The number of halogens is 1. The van der Waals surface area contributed by atoms with Gasteiger partial charge in [0, 0.05) is 21.1 Å². The van der Waals surface area contributed by atoms with E-state index in [0.29, 0.717) is 23.0 Å². The summed E-state index contributed by atoms with van der Waals surface area (Å²) in [5.41, 5.74) is 6.86. The summed E-state index contributed by atoms with van der Waals surface area (Å²) in [7, 11) is 0. The molecule has 21 heavy (non-hydrogen) atoms. The van der Waals surface area contributed by atoms with Crippen LogP contribution in [0.15, 0.2) is 22.7 Å². The number of hydrogen-bond acceptors (Lipinski definition) is 3. The molecule has 0 aliphatic carbocycles. The van der Waals surface area contributed by atoms with Crippen LogP contribution >= 0.6 is 27.3 Å². The minimum atomic E-state index is -0.0825. The average molecular weight is 369 g/mol. The van der Waals surface area contributed by atoms with Gasteiger partial charge in [-0.2, -0.15) is 0 Å². The molecule has 1 atom stereocenters. The second kappa shape index (κ2) is 5.97. The molecule has 0 spiro atoms. The Morgan fingerprint density at radius 3 is 2.71 bits per heavy atom. The van der Waals surface area contributed by atoms with Gasteiger partial charge in [-0.15, -0.1) is 11.3 Å². The van der Waals surface area contributed by atoms with E-state index in [4.69, 9.17) is 5.73 Å². The molecule has 2 rings (SSSR count). The Hall–Kier alpha value is -1.07. The second-order valence-corrected chi connectivity index (χ2v) is 8.43. The normalized spacial score (nSPS) is 13.4. The largest absolute Gasteiger partial charge is 0.397 e. The van der Waals surface area contributed by atoms with Crippen molar-refractivity contribution in [3.05, 3.63) is 27.5 Å². The molecule has 0 saturated carbocycles. The highest BCUT2D eigenvalue weighted by Gasteiger charge is 2.22. The number of thiophene rings is 1. The second-order valence-electron chi connectivity index (χ2n) is 6.46. The van der Waals surface area contributed by atoms with E-state index in [1.165, 1.54) is 11.3 Å². The summed E-state index contributed by atoms with van der Waals surface area (Å²) >= 11 is 4.88. The lowest BCUT2D eigenvalue weighted by molar-refractivity contribution is 0.0942. The lowest BCUT2D eigenvalue weighted by Gasteiger charge is -2.27. The first kappa shape index (κ1) is 16.3. The van der Waals surface area contributed by atoms with E-state index in [1.54, 1.807) is 0 Å². The van der Waals surface area contributed by atoms with Crippen molar-refractivity contribution in [3.63, 3.8) is 0 Å². The van der Waals surface area contributed by atoms with Gasteiger partial charge in [0.1, 0.15) is 4.88 Å². The zero-order chi connectivity index (χ0) is 15.8. The molecule has 1 amide bonds. The predicted molar refractivity (Wildman–Crippen MR) is 94.9 cm³/mol. The molecule has 0 aliphatic rings. The van der Waals surface area contributed by atoms with Crippen LogP contribution in [0.5, 0.6) is 0 Å². The fraction of sp³-hybridized carbons (Fsp3) is 0.438. The standard InChI is InChI=1S/C16H21BrN2OS/c1-9(16(2,3)4)8-19-15(20)14-13(18)11-6-5-10(17)7-12(11)21-14/h5-7,9H,8,18H2,1-4H3,(H,19,20). The maximum atomic E-state index is 12.4. The zero-order valence-corrected chi connectivity index (χ0v) is 15.2. The molecule has 2 aromatic rings. The van der Waals surface area contributed by atoms with Gasteiger partial charge in [-0.1, -0.05) is 49.7 Å². The number of rotatable bonds is 3. The Labute approximate surface area is 138 Å². The molecule has 1 heterocycles. The number of carbonyl (C=O) groups is 1. The number of hydrogen-bond donors (Lipinski definition) is 2. The minimum Gasteiger partial charge on any atom is -0.397 e. The molecule has 1 aromatic carbocycles. The summed E-state index contributed by atoms with van der Waals surface area (Å²) in [5.74, 6) is 0.312. The first-order valence-electron chi connectivity index (χ1n) is 6.96. The summed E-state index contributed by atoms with van der Waals surface area (Å²) in [5, 5.41) is 3.94. The number of fused-ring (bicyclic) bond motifs is 1. The molecule has 0 aliphatic heterocycles. The summed E-state index contributed by atoms with van der Waals surface area (Å²) in [6.07, 6.45) is 0. The van der Waals surface area contributed by atoms with Gasteiger partial charge in [0.05, 0.1) is 5.69 Å². The highest BCUT2D eigenvalue weighted by atomic mass is 79.9. The van der Waals surface area contributed by atoms with E-state index < -0.39 is 0 Å². The fourth-order valence-electron chi connectivity index (χ4n) is 1.89. The SMILES string of the molecule is CC(CNC(=O)c1sc2cc(Br)ccc2c1N)C(C)(C)C. The van der Waals surface area contributed by atoms with E-state index in [9.17, 15) is 4.79 Å². The van der Waals surface area contributed by atoms with Crippen LogP contribution < -0.4 is 11.1 Å². The van der Waals surface area contributed by atoms with Crippen LogP contribution in [0.1, 0.15) is 37.4 Å². The van der Waals surface area contributed by atoms with Gasteiger partial charge in [0.15, 0.2) is 0 Å². The quantitative estimate of drug-likeness (QED) is 0.827. The molecule has 114 valence electrons. The average Bonchev–Trinajstić information content (AvgIpc) is 2.71. The fourth-order valence-corrected chi connectivity index (χ4v) is 3.48. The lowest BCUT2D eigenvalue weighted by Crippen LogP contribution is -2.33. The van der Waals surface area contributed by atoms with Crippen LogP contribution in [0.2, 0.25) is 0 Å². The third-order valence-electron chi connectivity index (χ3n) is 3.94. The maximum Gasteiger partial charge on any atom is 0.263 e. The van der Waals surface area contributed by atoms with Crippen molar-refractivity contribution in [3.8, 4) is 0 Å². The van der Waals surface area contributed by atoms with E-state index >= 15 is 0 Å².